The Balaban J connectivity index is 4.68. The predicted octanol–water partition coefficient (Wildman–Crippen LogP) is 4.30. The lowest BCUT2D eigenvalue weighted by atomic mass is 9.69. The van der Waals surface area contributed by atoms with Crippen LogP contribution in [-0.2, 0) is 43.4 Å². The van der Waals surface area contributed by atoms with Crippen LogP contribution in [0.15, 0.2) is 0 Å². The molecule has 13 heteroatoms. The fourth-order valence-corrected chi connectivity index (χ4v) is 8.15. The van der Waals surface area contributed by atoms with Crippen LogP contribution >= 0.6 is 0 Å². The van der Waals surface area contributed by atoms with Gasteiger partial charge >= 0.3 is 0 Å². The monoisotopic (exact) mass is 721 g/mol. The van der Waals surface area contributed by atoms with Crippen molar-refractivity contribution in [2.24, 2.45) is 21.7 Å². The molecule has 3 N–H and O–H groups in total. The molecule has 0 rings (SSSR count). The van der Waals surface area contributed by atoms with E-state index in [4.69, 9.17) is 18.9 Å². The second-order valence-electron chi connectivity index (χ2n) is 17.4. The molecule has 0 aliphatic carbocycles. The molecule has 0 aromatic rings. The zero-order valence-electron chi connectivity index (χ0n) is 33.3. The van der Waals surface area contributed by atoms with Gasteiger partial charge in [-0.05, 0) is 58.3 Å². The molecule has 0 saturated carbocycles. The maximum atomic E-state index is 13.7. The second kappa shape index (κ2) is 19.9. The maximum absolute atomic E-state index is 13.7. The zero-order chi connectivity index (χ0) is 38.4. The Labute approximate surface area is 298 Å². The minimum Gasteiger partial charge on any atom is -0.379 e. The van der Waals surface area contributed by atoms with Gasteiger partial charge in [0.2, 0.25) is 15.9 Å². The summed E-state index contributed by atoms with van der Waals surface area (Å²) in [4.78, 5) is 39.1. The molecule has 0 aliphatic heterocycles. The summed E-state index contributed by atoms with van der Waals surface area (Å²) in [5.74, 6) is -0.945. The maximum Gasteiger partial charge on any atom is 0.239 e. The highest BCUT2D eigenvalue weighted by Crippen LogP contribution is 2.38. The number of rotatable bonds is 27. The van der Waals surface area contributed by atoms with Gasteiger partial charge in [0.05, 0.1) is 56.5 Å². The second-order valence-corrected chi connectivity index (χ2v) is 19.1. The van der Waals surface area contributed by atoms with Crippen molar-refractivity contribution in [3.63, 3.8) is 0 Å². The molecule has 0 bridgehead atoms. The van der Waals surface area contributed by atoms with Crippen molar-refractivity contribution < 1.29 is 41.7 Å². The molecular formula is C36H71N3O9S. The number of Topliss-reactive ketones (excluding diaryl/α,β-unsaturated/α-hetero) is 2. The average Bonchev–Trinajstić information content (AvgIpc) is 2.90. The van der Waals surface area contributed by atoms with Crippen LogP contribution in [0.3, 0.4) is 0 Å². The van der Waals surface area contributed by atoms with Crippen molar-refractivity contribution >= 4 is 27.5 Å². The van der Waals surface area contributed by atoms with E-state index in [1.54, 1.807) is 41.5 Å². The number of amides is 1. The van der Waals surface area contributed by atoms with E-state index in [2.05, 4.69) is 15.4 Å². The molecule has 0 atom stereocenters. The van der Waals surface area contributed by atoms with E-state index in [-0.39, 0.29) is 35.9 Å². The highest BCUT2D eigenvalue weighted by atomic mass is 32.2. The number of ether oxygens (including phenoxy) is 4. The number of hydrogen-bond acceptors (Lipinski definition) is 11. The highest BCUT2D eigenvalue weighted by Gasteiger charge is 2.44. The van der Waals surface area contributed by atoms with Crippen molar-refractivity contribution in [3.05, 3.63) is 0 Å². The molecular weight excluding hydrogens is 650 g/mol. The lowest BCUT2D eigenvalue weighted by molar-refractivity contribution is -0.134. The van der Waals surface area contributed by atoms with Gasteiger partial charge in [-0.25, -0.2) is 8.42 Å². The van der Waals surface area contributed by atoms with Gasteiger partial charge in [0.15, 0.2) is 11.6 Å². The van der Waals surface area contributed by atoms with Gasteiger partial charge in [0.25, 0.3) is 0 Å². The summed E-state index contributed by atoms with van der Waals surface area (Å²) in [6, 6.07) is 0. The topological polar surface area (TPSA) is 158 Å². The molecule has 0 fully saturated rings. The molecule has 12 nitrogen and oxygen atoms in total. The molecule has 0 heterocycles. The van der Waals surface area contributed by atoms with E-state index < -0.39 is 43.3 Å². The molecule has 0 saturated heterocycles. The first kappa shape index (κ1) is 47.5. The summed E-state index contributed by atoms with van der Waals surface area (Å²) >= 11 is 0. The Morgan fingerprint density at radius 3 is 1.55 bits per heavy atom. The summed E-state index contributed by atoms with van der Waals surface area (Å²) in [6.07, 6.45) is 0.823. The van der Waals surface area contributed by atoms with Crippen LogP contribution in [-0.4, -0.2) is 109 Å². The molecule has 0 aromatic carbocycles. The smallest absolute Gasteiger partial charge is 0.239 e. The minimum absolute atomic E-state index is 0.0391. The van der Waals surface area contributed by atoms with Crippen molar-refractivity contribution in [1.29, 1.82) is 0 Å². The summed E-state index contributed by atoms with van der Waals surface area (Å²) in [7, 11) is -3.94. The van der Waals surface area contributed by atoms with Crippen LogP contribution in [0.5, 0.6) is 0 Å². The van der Waals surface area contributed by atoms with Gasteiger partial charge < -0.3 is 29.6 Å². The summed E-state index contributed by atoms with van der Waals surface area (Å²) < 4.78 is 50.3. The Bertz CT molecular complexity index is 1140. The number of nitrogens with one attached hydrogen (secondary N) is 3. The fourth-order valence-electron chi connectivity index (χ4n) is 6.39. The van der Waals surface area contributed by atoms with Crippen LogP contribution < -0.4 is 15.4 Å². The molecule has 0 aliphatic rings. The van der Waals surface area contributed by atoms with Crippen molar-refractivity contribution in [2.75, 3.05) is 71.7 Å². The normalized spacial score (nSPS) is 13.8. The van der Waals surface area contributed by atoms with Gasteiger partial charge in [-0.3, -0.25) is 19.1 Å². The Hall–Kier alpha value is -1.48. The lowest BCUT2D eigenvalue weighted by Crippen LogP contribution is -2.54. The number of ketones is 2. The first-order valence-corrected chi connectivity index (χ1v) is 19.2. The third kappa shape index (κ3) is 20.2. The molecule has 1 amide bonds. The van der Waals surface area contributed by atoms with E-state index in [9.17, 15) is 22.8 Å². The third-order valence-electron chi connectivity index (χ3n) is 8.02. The van der Waals surface area contributed by atoms with E-state index in [1.807, 2.05) is 55.4 Å². The number of sulfonamides is 1. The number of carbonyl (C=O) groups is 3. The summed E-state index contributed by atoms with van der Waals surface area (Å²) in [5, 5.41) is 6.44. The van der Waals surface area contributed by atoms with Crippen LogP contribution in [0.1, 0.15) is 110 Å². The van der Waals surface area contributed by atoms with Gasteiger partial charge in [0.1, 0.15) is 6.61 Å². The first-order valence-electron chi connectivity index (χ1n) is 17.5. The molecule has 0 radical (unpaired) electrons. The fraction of sp³-hybridized carbons (Fsp3) is 0.917. The molecule has 290 valence electrons. The molecule has 0 spiro atoms. The van der Waals surface area contributed by atoms with E-state index in [0.29, 0.717) is 65.6 Å². The standard InChI is InChI=1S/C36H71N3O9S/c1-15-45-20-21-46-18-16-37-35(11,12)28(40)24-48-23-22-47-19-17-38-36(13,14)29(41)33(7,8)26-32(5,6)27-49(43,44)39-30(42)34(9,10)25-31(2,3)4/h37-38H,15-27H2,1-14H3,(H,39,42). The number of carbonyl (C=O) groups excluding carboxylic acids is 3. The molecule has 0 unspecified atom stereocenters. The molecule has 49 heavy (non-hydrogen) atoms. The quantitative estimate of drug-likeness (QED) is 0.104. The average molecular weight is 722 g/mol. The van der Waals surface area contributed by atoms with Crippen LogP contribution in [0, 0.1) is 21.7 Å². The Morgan fingerprint density at radius 2 is 1.06 bits per heavy atom. The first-order chi connectivity index (χ1) is 22.1. The van der Waals surface area contributed by atoms with E-state index >= 15 is 0 Å². The zero-order valence-corrected chi connectivity index (χ0v) is 34.1. The van der Waals surface area contributed by atoms with Gasteiger partial charge in [0, 0.05) is 30.5 Å². The van der Waals surface area contributed by atoms with Crippen LogP contribution in [0.25, 0.3) is 0 Å². The predicted molar refractivity (Wildman–Crippen MR) is 195 cm³/mol. The lowest BCUT2D eigenvalue weighted by Gasteiger charge is -2.39. The van der Waals surface area contributed by atoms with Gasteiger partial charge in [-0.15, -0.1) is 0 Å². The van der Waals surface area contributed by atoms with E-state index in [0.717, 1.165) is 0 Å². The summed E-state index contributed by atoms with van der Waals surface area (Å²) in [5.41, 5.74) is -4.29. The van der Waals surface area contributed by atoms with Crippen molar-refractivity contribution in [1.82, 2.24) is 15.4 Å². The van der Waals surface area contributed by atoms with E-state index in [1.165, 1.54) is 0 Å². The van der Waals surface area contributed by atoms with Crippen LogP contribution in [0.4, 0.5) is 0 Å². The number of hydrogen-bond donors (Lipinski definition) is 3. The largest absolute Gasteiger partial charge is 0.379 e. The SMILES string of the molecule is CCOCCOCCNC(C)(C)C(=O)COCCOCCNC(C)(C)C(=O)C(C)(C)CC(C)(C)CS(=O)(=O)NC(=O)C(C)(C)CC(C)(C)C. The van der Waals surface area contributed by atoms with Crippen LogP contribution in [0.2, 0.25) is 0 Å². The Morgan fingerprint density at radius 1 is 0.592 bits per heavy atom. The summed E-state index contributed by atoms with van der Waals surface area (Å²) in [6.45, 7) is 29.9. The van der Waals surface area contributed by atoms with Crippen molar-refractivity contribution in [2.45, 2.75) is 121 Å². The Kier molecular flexibility index (Phi) is 19.3. The highest BCUT2D eigenvalue weighted by molar-refractivity contribution is 7.90. The van der Waals surface area contributed by atoms with Gasteiger partial charge in [-0.1, -0.05) is 62.3 Å². The van der Waals surface area contributed by atoms with Gasteiger partial charge in [-0.2, -0.15) is 0 Å². The molecule has 0 aromatic heterocycles. The minimum atomic E-state index is -3.94. The van der Waals surface area contributed by atoms with Crippen molar-refractivity contribution in [3.8, 4) is 0 Å². The third-order valence-corrected chi connectivity index (χ3v) is 9.68.